The fourth-order valence-corrected chi connectivity index (χ4v) is 1.60. The van der Waals surface area contributed by atoms with Crippen molar-refractivity contribution in [1.29, 1.82) is 0 Å². The summed E-state index contributed by atoms with van der Waals surface area (Å²) < 4.78 is 23.3. The number of nitrogens with zero attached hydrogens (tertiary/aromatic N) is 2. The molecule has 1 aromatic heterocycles. The first kappa shape index (κ1) is 13.9. The van der Waals surface area contributed by atoms with Crippen LogP contribution in [0.1, 0.15) is 20.7 Å². The Bertz CT molecular complexity index is 609. The van der Waals surface area contributed by atoms with Gasteiger partial charge in [0.25, 0.3) is 0 Å². The van der Waals surface area contributed by atoms with Crippen molar-refractivity contribution in [3.63, 3.8) is 0 Å². The molecule has 0 saturated carbocycles. The van der Waals surface area contributed by atoms with Crippen LogP contribution in [0.2, 0.25) is 0 Å². The Labute approximate surface area is 103 Å². The standard InChI is InChI=1S/C9H10N2O6S/c1-11(18(2,16)17)7-6(9(14)15)3-5(4-10-7)8(12)13/h3-4H,1-2H3,(H,12,13)(H,14,15). The monoisotopic (exact) mass is 274 g/mol. The number of aromatic nitrogens is 1. The highest BCUT2D eigenvalue weighted by Gasteiger charge is 2.22. The molecule has 0 spiro atoms. The molecule has 0 unspecified atom stereocenters. The van der Waals surface area contributed by atoms with Crippen LogP contribution in [0.3, 0.4) is 0 Å². The van der Waals surface area contributed by atoms with Gasteiger partial charge in [0, 0.05) is 13.2 Å². The van der Waals surface area contributed by atoms with Crippen molar-refractivity contribution < 1.29 is 28.2 Å². The molecule has 0 amide bonds. The molecular weight excluding hydrogens is 264 g/mol. The maximum absolute atomic E-state index is 11.3. The molecule has 0 saturated heterocycles. The van der Waals surface area contributed by atoms with Crippen LogP contribution >= 0.6 is 0 Å². The van der Waals surface area contributed by atoms with Crippen molar-refractivity contribution in [2.45, 2.75) is 0 Å². The van der Waals surface area contributed by atoms with Crippen LogP contribution in [0.4, 0.5) is 5.82 Å². The van der Waals surface area contributed by atoms with E-state index in [0.717, 1.165) is 25.6 Å². The number of rotatable bonds is 4. The lowest BCUT2D eigenvalue weighted by atomic mass is 10.2. The number of anilines is 1. The molecule has 0 atom stereocenters. The van der Waals surface area contributed by atoms with Crippen LogP contribution < -0.4 is 4.31 Å². The van der Waals surface area contributed by atoms with Crippen LogP contribution in [0.5, 0.6) is 0 Å². The quantitative estimate of drug-likeness (QED) is 0.783. The van der Waals surface area contributed by atoms with E-state index in [-0.39, 0.29) is 11.4 Å². The van der Waals surface area contributed by atoms with E-state index in [1.165, 1.54) is 0 Å². The molecule has 2 N–H and O–H groups in total. The second kappa shape index (κ2) is 4.61. The molecular formula is C9H10N2O6S. The second-order valence-electron chi connectivity index (χ2n) is 3.44. The molecule has 98 valence electrons. The second-order valence-corrected chi connectivity index (χ2v) is 5.45. The van der Waals surface area contributed by atoms with Gasteiger partial charge in [0.1, 0.15) is 5.56 Å². The minimum absolute atomic E-state index is 0.335. The van der Waals surface area contributed by atoms with Gasteiger partial charge < -0.3 is 10.2 Å². The van der Waals surface area contributed by atoms with Gasteiger partial charge in [-0.2, -0.15) is 0 Å². The van der Waals surface area contributed by atoms with E-state index in [2.05, 4.69) is 4.98 Å². The van der Waals surface area contributed by atoms with Gasteiger partial charge in [0.15, 0.2) is 5.82 Å². The minimum Gasteiger partial charge on any atom is -0.478 e. The van der Waals surface area contributed by atoms with Crippen LogP contribution in [0.15, 0.2) is 12.3 Å². The highest BCUT2D eigenvalue weighted by atomic mass is 32.2. The van der Waals surface area contributed by atoms with E-state index in [9.17, 15) is 18.0 Å². The number of hydrogen-bond acceptors (Lipinski definition) is 5. The zero-order valence-electron chi connectivity index (χ0n) is 9.48. The number of carboxylic acid groups (broad SMARTS) is 2. The highest BCUT2D eigenvalue weighted by molar-refractivity contribution is 7.92. The number of aromatic carboxylic acids is 2. The summed E-state index contributed by atoms with van der Waals surface area (Å²) in [6, 6.07) is 0.856. The molecule has 0 aliphatic rings. The molecule has 0 aliphatic heterocycles. The van der Waals surface area contributed by atoms with E-state index in [1.807, 2.05) is 0 Å². The molecule has 0 radical (unpaired) electrons. The Kier molecular flexibility index (Phi) is 3.56. The van der Waals surface area contributed by atoms with E-state index in [4.69, 9.17) is 10.2 Å². The summed E-state index contributed by atoms with van der Waals surface area (Å²) in [4.78, 5) is 25.2. The third-order valence-corrected chi connectivity index (χ3v) is 3.31. The van der Waals surface area contributed by atoms with Crippen molar-refractivity contribution in [1.82, 2.24) is 4.98 Å². The summed E-state index contributed by atoms with van der Waals surface area (Å²) in [6.45, 7) is 0. The topological polar surface area (TPSA) is 125 Å². The number of hydrogen-bond donors (Lipinski definition) is 2. The summed E-state index contributed by atoms with van der Waals surface area (Å²) in [7, 11) is -2.56. The maximum atomic E-state index is 11.3. The van der Waals surface area contributed by atoms with Crippen molar-refractivity contribution in [3.8, 4) is 0 Å². The Balaban J connectivity index is 3.46. The van der Waals surface area contributed by atoms with Gasteiger partial charge in [-0.1, -0.05) is 0 Å². The highest BCUT2D eigenvalue weighted by Crippen LogP contribution is 2.20. The smallest absolute Gasteiger partial charge is 0.339 e. The average molecular weight is 274 g/mol. The zero-order valence-corrected chi connectivity index (χ0v) is 10.3. The molecule has 8 nitrogen and oxygen atoms in total. The fourth-order valence-electron chi connectivity index (χ4n) is 1.14. The normalized spacial score (nSPS) is 11.0. The van der Waals surface area contributed by atoms with Gasteiger partial charge in [-0.15, -0.1) is 0 Å². The lowest BCUT2D eigenvalue weighted by molar-refractivity contribution is 0.0696. The fraction of sp³-hybridized carbons (Fsp3) is 0.222. The average Bonchev–Trinajstić information content (AvgIpc) is 2.25. The Morgan fingerprint density at radius 1 is 1.28 bits per heavy atom. The number of carbonyl (C=O) groups is 2. The lowest BCUT2D eigenvalue weighted by Gasteiger charge is -2.17. The summed E-state index contributed by atoms with van der Waals surface area (Å²) in [5, 5.41) is 17.6. The van der Waals surface area contributed by atoms with Gasteiger partial charge in [0.05, 0.1) is 11.8 Å². The van der Waals surface area contributed by atoms with E-state index in [0.29, 0.717) is 4.31 Å². The van der Waals surface area contributed by atoms with Crippen LogP contribution in [0.25, 0.3) is 0 Å². The first-order valence-corrected chi connectivity index (χ1v) is 6.40. The van der Waals surface area contributed by atoms with E-state index < -0.39 is 27.5 Å². The van der Waals surface area contributed by atoms with Crippen molar-refractivity contribution in [2.75, 3.05) is 17.6 Å². The predicted molar refractivity (Wildman–Crippen MR) is 61.4 cm³/mol. The summed E-state index contributed by atoms with van der Waals surface area (Å²) >= 11 is 0. The zero-order chi connectivity index (χ0) is 14.1. The molecule has 9 heteroatoms. The molecule has 0 aliphatic carbocycles. The van der Waals surface area contributed by atoms with Crippen molar-refractivity contribution >= 4 is 27.8 Å². The van der Waals surface area contributed by atoms with Gasteiger partial charge in [-0.05, 0) is 6.07 Å². The van der Waals surface area contributed by atoms with Gasteiger partial charge >= 0.3 is 11.9 Å². The summed E-state index contributed by atoms with van der Waals surface area (Å²) in [6.07, 6.45) is 1.78. The predicted octanol–water partition coefficient (Wildman–Crippen LogP) is -0.126. The SMILES string of the molecule is CN(c1ncc(C(=O)O)cc1C(=O)O)S(C)(=O)=O. The first-order valence-electron chi connectivity index (χ1n) is 4.55. The lowest BCUT2D eigenvalue weighted by Crippen LogP contribution is -2.28. The maximum Gasteiger partial charge on any atom is 0.339 e. The minimum atomic E-state index is -3.68. The third kappa shape index (κ3) is 2.74. The van der Waals surface area contributed by atoms with Crippen LogP contribution in [-0.2, 0) is 10.0 Å². The molecule has 1 heterocycles. The molecule has 0 bridgehead atoms. The molecule has 1 aromatic rings. The Morgan fingerprint density at radius 3 is 2.22 bits per heavy atom. The van der Waals surface area contributed by atoms with Gasteiger partial charge in [-0.25, -0.2) is 23.0 Å². The molecule has 0 aromatic carbocycles. The Morgan fingerprint density at radius 2 is 1.83 bits per heavy atom. The van der Waals surface area contributed by atoms with Crippen LogP contribution in [0, 0.1) is 0 Å². The van der Waals surface area contributed by atoms with Crippen molar-refractivity contribution in [2.24, 2.45) is 0 Å². The largest absolute Gasteiger partial charge is 0.478 e. The first-order chi connectivity index (χ1) is 8.14. The molecule has 0 fully saturated rings. The molecule has 18 heavy (non-hydrogen) atoms. The van der Waals surface area contributed by atoms with E-state index >= 15 is 0 Å². The summed E-state index contributed by atoms with van der Waals surface area (Å²) in [5.74, 6) is -3.15. The van der Waals surface area contributed by atoms with Gasteiger partial charge in [0.2, 0.25) is 10.0 Å². The van der Waals surface area contributed by atoms with Gasteiger partial charge in [-0.3, -0.25) is 4.31 Å². The summed E-state index contributed by atoms with van der Waals surface area (Å²) in [5.41, 5.74) is -0.833. The number of sulfonamides is 1. The Hall–Kier alpha value is -2.16. The van der Waals surface area contributed by atoms with E-state index in [1.54, 1.807) is 0 Å². The number of carboxylic acids is 2. The molecule has 1 rings (SSSR count). The van der Waals surface area contributed by atoms with Crippen LogP contribution in [-0.4, -0.2) is 48.9 Å². The third-order valence-electron chi connectivity index (χ3n) is 2.14. The number of pyridine rings is 1. The van der Waals surface area contributed by atoms with Crippen molar-refractivity contribution in [3.05, 3.63) is 23.4 Å².